The Hall–Kier alpha value is -4.84. The Morgan fingerprint density at radius 3 is 2.76 bits per heavy atom. The molecule has 2 fully saturated rings. The van der Waals surface area contributed by atoms with Crippen molar-refractivity contribution in [2.24, 2.45) is 0 Å². The largest absolute Gasteiger partial charge is 0.456 e. The molecule has 1 saturated heterocycles. The normalized spacial score (nSPS) is 16.9. The fourth-order valence-corrected chi connectivity index (χ4v) is 4.83. The first-order valence-electron chi connectivity index (χ1n) is 13.6. The molecule has 0 bridgehead atoms. The summed E-state index contributed by atoms with van der Waals surface area (Å²) in [5.74, 6) is 1.91. The van der Waals surface area contributed by atoms with Crippen LogP contribution in [0.4, 0.5) is 11.6 Å². The highest BCUT2D eigenvalue weighted by Crippen LogP contribution is 2.33. The van der Waals surface area contributed by atoms with E-state index in [1.165, 1.54) is 19.2 Å². The van der Waals surface area contributed by atoms with Gasteiger partial charge >= 0.3 is 0 Å². The number of hydrogen-bond donors (Lipinski definition) is 3. The molecule has 1 saturated carbocycles. The minimum atomic E-state index is -0.284. The van der Waals surface area contributed by atoms with Gasteiger partial charge in [-0.2, -0.15) is 5.10 Å². The summed E-state index contributed by atoms with van der Waals surface area (Å²) in [4.78, 5) is 41.6. The second-order valence-electron chi connectivity index (χ2n) is 10.3. The van der Waals surface area contributed by atoms with Crippen molar-refractivity contribution >= 4 is 34.5 Å². The maximum atomic E-state index is 12.7. The van der Waals surface area contributed by atoms with Gasteiger partial charge in [0.1, 0.15) is 29.0 Å². The highest BCUT2D eigenvalue weighted by Gasteiger charge is 2.27. The van der Waals surface area contributed by atoms with Crippen molar-refractivity contribution in [3.05, 3.63) is 72.8 Å². The summed E-state index contributed by atoms with van der Waals surface area (Å²) in [5.41, 5.74) is 1.05. The number of H-pyrrole nitrogens is 1. The highest BCUT2D eigenvalue weighted by molar-refractivity contribution is 6.03. The number of likely N-dealkylation sites (tertiary alicyclic amines) is 1. The number of ether oxygens (including phenoxy) is 1. The number of carbonyl (C=O) groups excluding carboxylic acids is 2. The third-order valence-corrected chi connectivity index (χ3v) is 7.26. The van der Waals surface area contributed by atoms with Crippen molar-refractivity contribution in [2.45, 2.75) is 31.3 Å². The Kier molecular flexibility index (Phi) is 7.54. The number of hydrogen-bond acceptors (Lipinski definition) is 9. The standard InChI is InChI=1S/C29H31N9O3/c1-37(21-6-7-21)15-2-3-25(39)38-16-12-20(17-38)33-28-26-23(10-14-31-27(26)35-36-28)41-22-8-4-19(5-9-22)29(40)34-24-11-13-30-18-32-24/h2-5,8-11,13-14,18,20-21H,6-7,12,15-17H2,1H3,(H,30,32,34,40)(H2,31,33,35,36)/b3-2+. The summed E-state index contributed by atoms with van der Waals surface area (Å²) in [6.07, 6.45) is 11.5. The average molecular weight is 554 g/mol. The van der Waals surface area contributed by atoms with Gasteiger partial charge in [-0.3, -0.25) is 19.6 Å². The van der Waals surface area contributed by atoms with Gasteiger partial charge in [-0.05, 0) is 56.6 Å². The van der Waals surface area contributed by atoms with Crippen molar-refractivity contribution in [3.63, 3.8) is 0 Å². The molecule has 210 valence electrons. The summed E-state index contributed by atoms with van der Waals surface area (Å²) in [6, 6.07) is 10.9. The molecule has 12 nitrogen and oxygen atoms in total. The van der Waals surface area contributed by atoms with E-state index in [2.05, 4.69) is 47.7 Å². The molecule has 1 aliphatic heterocycles. The van der Waals surface area contributed by atoms with Crippen LogP contribution < -0.4 is 15.4 Å². The summed E-state index contributed by atoms with van der Waals surface area (Å²) in [5, 5.41) is 14.3. The minimum absolute atomic E-state index is 0.0326. The van der Waals surface area contributed by atoms with E-state index < -0.39 is 0 Å². The number of benzene rings is 1. The zero-order valence-electron chi connectivity index (χ0n) is 22.7. The maximum Gasteiger partial charge on any atom is 0.256 e. The van der Waals surface area contributed by atoms with Gasteiger partial charge in [-0.1, -0.05) is 6.08 Å². The van der Waals surface area contributed by atoms with Crippen molar-refractivity contribution in [2.75, 3.05) is 37.3 Å². The Morgan fingerprint density at radius 2 is 1.98 bits per heavy atom. The van der Waals surface area contributed by atoms with Gasteiger partial charge in [0.15, 0.2) is 11.5 Å². The third kappa shape index (κ3) is 6.33. The maximum absolute atomic E-state index is 12.7. The zero-order chi connectivity index (χ0) is 28.2. The summed E-state index contributed by atoms with van der Waals surface area (Å²) in [6.45, 7) is 2.06. The van der Waals surface area contributed by atoms with Gasteiger partial charge in [-0.25, -0.2) is 15.0 Å². The number of pyridine rings is 1. The van der Waals surface area contributed by atoms with Crippen molar-refractivity contribution in [1.29, 1.82) is 0 Å². The topological polar surface area (TPSA) is 141 Å². The number of anilines is 2. The van der Waals surface area contributed by atoms with E-state index in [0.717, 1.165) is 13.0 Å². The lowest BCUT2D eigenvalue weighted by Crippen LogP contribution is -2.30. The van der Waals surface area contributed by atoms with Crippen LogP contribution in [0.15, 0.2) is 67.3 Å². The summed E-state index contributed by atoms with van der Waals surface area (Å²) in [7, 11) is 2.10. The van der Waals surface area contributed by atoms with Crippen LogP contribution in [0.2, 0.25) is 0 Å². The molecule has 6 rings (SSSR count). The first kappa shape index (κ1) is 26.4. The minimum Gasteiger partial charge on any atom is -0.456 e. The predicted molar refractivity (Wildman–Crippen MR) is 154 cm³/mol. The van der Waals surface area contributed by atoms with E-state index >= 15 is 0 Å². The van der Waals surface area contributed by atoms with E-state index in [4.69, 9.17) is 4.74 Å². The van der Waals surface area contributed by atoms with E-state index in [-0.39, 0.29) is 17.9 Å². The van der Waals surface area contributed by atoms with Crippen molar-refractivity contribution in [3.8, 4) is 11.5 Å². The lowest BCUT2D eigenvalue weighted by molar-refractivity contribution is -0.125. The van der Waals surface area contributed by atoms with Crippen LogP contribution in [-0.4, -0.2) is 85.5 Å². The number of aromatic nitrogens is 5. The number of nitrogens with zero attached hydrogens (tertiary/aromatic N) is 6. The number of aromatic amines is 1. The average Bonchev–Trinajstić information content (AvgIpc) is 3.61. The van der Waals surface area contributed by atoms with Crippen LogP contribution in [0.25, 0.3) is 11.0 Å². The van der Waals surface area contributed by atoms with Crippen LogP contribution in [0.5, 0.6) is 11.5 Å². The Balaban J connectivity index is 1.09. The third-order valence-electron chi connectivity index (χ3n) is 7.26. The van der Waals surface area contributed by atoms with Crippen LogP contribution in [-0.2, 0) is 4.79 Å². The Morgan fingerprint density at radius 1 is 1.12 bits per heavy atom. The molecule has 1 atom stereocenters. The highest BCUT2D eigenvalue weighted by atomic mass is 16.5. The molecule has 2 amide bonds. The van der Waals surface area contributed by atoms with E-state index in [0.29, 0.717) is 58.9 Å². The number of rotatable bonds is 10. The lowest BCUT2D eigenvalue weighted by atomic mass is 10.2. The van der Waals surface area contributed by atoms with E-state index in [1.54, 1.807) is 54.9 Å². The number of amides is 2. The first-order chi connectivity index (χ1) is 20.0. The fourth-order valence-electron chi connectivity index (χ4n) is 4.83. The Bertz CT molecular complexity index is 1550. The Labute approximate surface area is 236 Å². The van der Waals surface area contributed by atoms with Gasteiger partial charge in [0, 0.05) is 61.8 Å². The molecule has 1 aromatic carbocycles. The number of carbonyl (C=O) groups is 2. The fraction of sp³-hybridized carbons (Fsp3) is 0.310. The summed E-state index contributed by atoms with van der Waals surface area (Å²) >= 11 is 0. The number of fused-ring (bicyclic) bond motifs is 1. The van der Waals surface area contributed by atoms with Gasteiger partial charge in [0.25, 0.3) is 5.91 Å². The SMILES string of the molecule is CN(C/C=C/C(=O)N1CCC(Nc2n[nH]c3nccc(Oc4ccc(C(=O)Nc5ccncn5)cc4)c23)C1)C1CC1. The van der Waals surface area contributed by atoms with Crippen LogP contribution in [0.1, 0.15) is 29.6 Å². The molecule has 4 aromatic rings. The van der Waals surface area contributed by atoms with Gasteiger partial charge in [0.05, 0.1) is 0 Å². The van der Waals surface area contributed by atoms with Gasteiger partial charge in [0.2, 0.25) is 5.91 Å². The monoisotopic (exact) mass is 553 g/mol. The molecule has 1 aliphatic carbocycles. The van der Waals surface area contributed by atoms with Gasteiger partial charge < -0.3 is 20.3 Å². The summed E-state index contributed by atoms with van der Waals surface area (Å²) < 4.78 is 6.18. The molecule has 3 N–H and O–H groups in total. The van der Waals surface area contributed by atoms with E-state index in [1.807, 2.05) is 11.0 Å². The number of likely N-dealkylation sites (N-methyl/N-ethyl adjacent to an activating group) is 1. The molecular weight excluding hydrogens is 522 g/mol. The number of nitrogens with one attached hydrogen (secondary N) is 3. The predicted octanol–water partition coefficient (Wildman–Crippen LogP) is 3.46. The smallest absolute Gasteiger partial charge is 0.256 e. The lowest BCUT2D eigenvalue weighted by Gasteiger charge is -2.16. The van der Waals surface area contributed by atoms with Crippen molar-refractivity contribution < 1.29 is 14.3 Å². The molecule has 3 aromatic heterocycles. The van der Waals surface area contributed by atoms with Crippen LogP contribution in [0.3, 0.4) is 0 Å². The molecule has 0 radical (unpaired) electrons. The van der Waals surface area contributed by atoms with E-state index in [9.17, 15) is 9.59 Å². The zero-order valence-corrected chi connectivity index (χ0v) is 22.7. The molecule has 1 unspecified atom stereocenters. The molecule has 4 heterocycles. The first-order valence-corrected chi connectivity index (χ1v) is 13.6. The molecule has 2 aliphatic rings. The molecule has 41 heavy (non-hydrogen) atoms. The van der Waals surface area contributed by atoms with Crippen LogP contribution in [0, 0.1) is 0 Å². The molecule has 12 heteroatoms. The quantitative estimate of drug-likeness (QED) is 0.252. The van der Waals surface area contributed by atoms with Crippen molar-refractivity contribution in [1.82, 2.24) is 34.9 Å². The second-order valence-corrected chi connectivity index (χ2v) is 10.3. The second kappa shape index (κ2) is 11.7. The molecular formula is C29H31N9O3. The van der Waals surface area contributed by atoms with Crippen LogP contribution >= 0.6 is 0 Å². The van der Waals surface area contributed by atoms with Gasteiger partial charge in [-0.15, -0.1) is 0 Å². The molecule has 0 spiro atoms.